The molecule has 92 valence electrons. The van der Waals surface area contributed by atoms with Gasteiger partial charge in [-0.05, 0) is 19.9 Å². The van der Waals surface area contributed by atoms with E-state index >= 15 is 0 Å². The Hall–Kier alpha value is -0.870. The van der Waals surface area contributed by atoms with Gasteiger partial charge in [0.25, 0.3) is 0 Å². The maximum atomic E-state index is 4.32. The van der Waals surface area contributed by atoms with Crippen molar-refractivity contribution in [1.29, 1.82) is 0 Å². The molecule has 0 amide bonds. The molecule has 1 unspecified atom stereocenters. The molecule has 0 radical (unpaired) electrons. The van der Waals surface area contributed by atoms with Gasteiger partial charge < -0.3 is 10.6 Å². The molecule has 1 heterocycles. The van der Waals surface area contributed by atoms with Gasteiger partial charge in [0.05, 0.1) is 11.4 Å². The largest absolute Gasteiger partial charge is 0.313 e. The fraction of sp³-hybridized carbons (Fsp3) is 0.750. The number of nitrogens with zero attached hydrogens (tertiary/aromatic N) is 2. The summed E-state index contributed by atoms with van der Waals surface area (Å²) in [6.45, 7) is 10.4. The molecule has 1 atom stereocenters. The molecule has 1 rings (SSSR count). The maximum absolute atomic E-state index is 4.32. The van der Waals surface area contributed by atoms with Crippen LogP contribution in [0.2, 0.25) is 0 Å². The van der Waals surface area contributed by atoms with Gasteiger partial charge in [0.2, 0.25) is 0 Å². The third-order valence-electron chi connectivity index (χ3n) is 2.56. The van der Waals surface area contributed by atoms with Crippen molar-refractivity contribution in [3.8, 4) is 0 Å². The Morgan fingerprint density at radius 2 is 2.00 bits per heavy atom. The molecular formula is C12H24N4. The highest BCUT2D eigenvalue weighted by atomic mass is 15.3. The van der Waals surface area contributed by atoms with Gasteiger partial charge in [-0.25, -0.2) is 0 Å². The molecule has 4 heteroatoms. The Balaban J connectivity index is 2.31. The highest BCUT2D eigenvalue weighted by Gasteiger charge is 2.05. The summed E-state index contributed by atoms with van der Waals surface area (Å²) in [4.78, 5) is 0. The van der Waals surface area contributed by atoms with Crippen LogP contribution in [0, 0.1) is 6.92 Å². The summed E-state index contributed by atoms with van der Waals surface area (Å²) in [5.41, 5.74) is 2.31. The van der Waals surface area contributed by atoms with Crippen LogP contribution < -0.4 is 10.6 Å². The van der Waals surface area contributed by atoms with E-state index in [-0.39, 0.29) is 0 Å². The lowest BCUT2D eigenvalue weighted by molar-refractivity contribution is 0.466. The van der Waals surface area contributed by atoms with Crippen molar-refractivity contribution in [2.45, 2.75) is 46.3 Å². The van der Waals surface area contributed by atoms with Crippen molar-refractivity contribution < 1.29 is 0 Å². The van der Waals surface area contributed by atoms with Gasteiger partial charge in [-0.1, -0.05) is 13.8 Å². The van der Waals surface area contributed by atoms with E-state index in [4.69, 9.17) is 0 Å². The fourth-order valence-corrected chi connectivity index (χ4v) is 1.59. The SMILES string of the molecule is Cc1cc(CNC(C)CNC(C)C)n(C)n1. The van der Waals surface area contributed by atoms with Crippen LogP contribution in [0.25, 0.3) is 0 Å². The molecule has 1 aromatic rings. The summed E-state index contributed by atoms with van der Waals surface area (Å²) in [6, 6.07) is 3.14. The summed E-state index contributed by atoms with van der Waals surface area (Å²) >= 11 is 0. The van der Waals surface area contributed by atoms with Crippen LogP contribution in [-0.4, -0.2) is 28.4 Å². The van der Waals surface area contributed by atoms with Gasteiger partial charge in [-0.3, -0.25) is 4.68 Å². The summed E-state index contributed by atoms with van der Waals surface area (Å²) in [7, 11) is 1.99. The zero-order valence-electron chi connectivity index (χ0n) is 11.0. The van der Waals surface area contributed by atoms with Crippen LogP contribution >= 0.6 is 0 Å². The molecule has 0 saturated carbocycles. The zero-order valence-corrected chi connectivity index (χ0v) is 11.0. The first-order valence-electron chi connectivity index (χ1n) is 5.95. The maximum Gasteiger partial charge on any atom is 0.0597 e. The highest BCUT2D eigenvalue weighted by molar-refractivity contribution is 5.08. The second kappa shape index (κ2) is 6.01. The molecule has 0 saturated heterocycles. The van der Waals surface area contributed by atoms with E-state index in [2.05, 4.69) is 42.6 Å². The van der Waals surface area contributed by atoms with Crippen molar-refractivity contribution in [1.82, 2.24) is 20.4 Å². The lowest BCUT2D eigenvalue weighted by Gasteiger charge is -2.16. The summed E-state index contributed by atoms with van der Waals surface area (Å²) in [5, 5.41) is 11.2. The average molecular weight is 224 g/mol. The van der Waals surface area contributed by atoms with E-state index in [0.29, 0.717) is 12.1 Å². The van der Waals surface area contributed by atoms with E-state index < -0.39 is 0 Å². The number of aromatic nitrogens is 2. The van der Waals surface area contributed by atoms with Crippen molar-refractivity contribution in [2.75, 3.05) is 6.54 Å². The Bertz CT molecular complexity index is 317. The minimum absolute atomic E-state index is 0.470. The second-order valence-electron chi connectivity index (χ2n) is 4.75. The third-order valence-corrected chi connectivity index (χ3v) is 2.56. The number of nitrogens with one attached hydrogen (secondary N) is 2. The Morgan fingerprint density at radius 1 is 1.31 bits per heavy atom. The lowest BCUT2D eigenvalue weighted by atomic mass is 10.3. The highest BCUT2D eigenvalue weighted by Crippen LogP contribution is 2.01. The molecule has 0 spiro atoms. The monoisotopic (exact) mass is 224 g/mol. The minimum Gasteiger partial charge on any atom is -0.313 e. The molecule has 2 N–H and O–H groups in total. The molecule has 4 nitrogen and oxygen atoms in total. The summed E-state index contributed by atoms with van der Waals surface area (Å²) in [5.74, 6) is 0. The standard InChI is InChI=1S/C12H24N4/c1-9(2)13-7-11(4)14-8-12-6-10(3)15-16(12)5/h6,9,11,13-14H,7-8H2,1-5H3. The van der Waals surface area contributed by atoms with Crippen molar-refractivity contribution in [2.24, 2.45) is 7.05 Å². The van der Waals surface area contributed by atoms with Crippen LogP contribution in [0.3, 0.4) is 0 Å². The second-order valence-corrected chi connectivity index (χ2v) is 4.75. The van der Waals surface area contributed by atoms with E-state index in [1.807, 2.05) is 18.7 Å². The first kappa shape index (κ1) is 13.2. The molecule has 0 aromatic carbocycles. The van der Waals surface area contributed by atoms with Gasteiger partial charge in [0.15, 0.2) is 0 Å². The van der Waals surface area contributed by atoms with Crippen LogP contribution in [-0.2, 0) is 13.6 Å². The lowest BCUT2D eigenvalue weighted by Crippen LogP contribution is -2.38. The molecule has 0 aliphatic rings. The van der Waals surface area contributed by atoms with E-state index in [9.17, 15) is 0 Å². The van der Waals surface area contributed by atoms with Gasteiger partial charge in [-0.15, -0.1) is 0 Å². The summed E-state index contributed by atoms with van der Waals surface area (Å²) < 4.78 is 1.94. The topological polar surface area (TPSA) is 41.9 Å². The number of aryl methyl sites for hydroxylation is 2. The van der Waals surface area contributed by atoms with Crippen molar-refractivity contribution >= 4 is 0 Å². The molecule has 0 aliphatic heterocycles. The first-order valence-corrected chi connectivity index (χ1v) is 5.95. The van der Waals surface area contributed by atoms with E-state index in [0.717, 1.165) is 18.8 Å². The normalized spacial score (nSPS) is 13.4. The quantitative estimate of drug-likeness (QED) is 0.763. The Morgan fingerprint density at radius 3 is 2.50 bits per heavy atom. The van der Waals surface area contributed by atoms with E-state index in [1.54, 1.807) is 0 Å². The number of hydrogen-bond donors (Lipinski definition) is 2. The summed E-state index contributed by atoms with van der Waals surface area (Å²) in [6.07, 6.45) is 0. The van der Waals surface area contributed by atoms with Gasteiger partial charge in [-0.2, -0.15) is 5.10 Å². The van der Waals surface area contributed by atoms with Crippen LogP contribution in [0.4, 0.5) is 0 Å². The van der Waals surface area contributed by atoms with Crippen LogP contribution in [0.1, 0.15) is 32.2 Å². The molecule has 16 heavy (non-hydrogen) atoms. The Labute approximate surface area is 98.4 Å². The molecule has 1 aromatic heterocycles. The van der Waals surface area contributed by atoms with Gasteiger partial charge in [0, 0.05) is 32.2 Å². The predicted octanol–water partition coefficient (Wildman–Crippen LogP) is 1.20. The van der Waals surface area contributed by atoms with Gasteiger partial charge >= 0.3 is 0 Å². The number of rotatable bonds is 6. The molecule has 0 bridgehead atoms. The minimum atomic E-state index is 0.470. The van der Waals surface area contributed by atoms with Crippen LogP contribution in [0.15, 0.2) is 6.07 Å². The smallest absolute Gasteiger partial charge is 0.0597 e. The van der Waals surface area contributed by atoms with Gasteiger partial charge in [0.1, 0.15) is 0 Å². The molecule has 0 aliphatic carbocycles. The molecular weight excluding hydrogens is 200 g/mol. The third kappa shape index (κ3) is 4.33. The fourth-order valence-electron chi connectivity index (χ4n) is 1.59. The van der Waals surface area contributed by atoms with Crippen molar-refractivity contribution in [3.63, 3.8) is 0 Å². The van der Waals surface area contributed by atoms with Crippen molar-refractivity contribution in [3.05, 3.63) is 17.5 Å². The Kier molecular flexibility index (Phi) is 4.96. The molecule has 0 fully saturated rings. The first-order chi connectivity index (χ1) is 7.49. The number of hydrogen-bond acceptors (Lipinski definition) is 3. The van der Waals surface area contributed by atoms with Crippen LogP contribution in [0.5, 0.6) is 0 Å². The average Bonchev–Trinajstić information content (AvgIpc) is 2.51. The van der Waals surface area contributed by atoms with E-state index in [1.165, 1.54) is 5.69 Å². The zero-order chi connectivity index (χ0) is 12.1. The predicted molar refractivity (Wildman–Crippen MR) is 67.4 cm³/mol.